The Bertz CT molecular complexity index is 599. The number of hydrogen-bond acceptors (Lipinski definition) is 2. The average Bonchev–Trinajstić information content (AvgIpc) is 2.41. The van der Waals surface area contributed by atoms with E-state index in [0.29, 0.717) is 5.92 Å². The predicted molar refractivity (Wildman–Crippen MR) is 94.9 cm³/mol. The Morgan fingerprint density at radius 3 is 2.57 bits per heavy atom. The van der Waals surface area contributed by atoms with Gasteiger partial charge in [-0.3, -0.25) is 0 Å². The number of nitrogens with one attached hydrogen (secondary N) is 1. The average molecular weight is 413 g/mol. The summed E-state index contributed by atoms with van der Waals surface area (Å²) in [5, 5.41) is 3.44. The largest absolute Gasteiger partial charge is 0.456 e. The van der Waals surface area contributed by atoms with E-state index in [4.69, 9.17) is 4.74 Å². The summed E-state index contributed by atoms with van der Waals surface area (Å²) in [4.78, 5) is 0. The van der Waals surface area contributed by atoms with Crippen LogP contribution in [0.3, 0.4) is 0 Å². The first-order chi connectivity index (χ1) is 10.0. The first-order valence-electron chi connectivity index (χ1n) is 6.97. The van der Waals surface area contributed by atoms with Gasteiger partial charge in [0, 0.05) is 11.0 Å². The van der Waals surface area contributed by atoms with Crippen molar-refractivity contribution in [3.05, 3.63) is 57.0 Å². The molecular weight excluding hydrogens is 394 g/mol. The van der Waals surface area contributed by atoms with Gasteiger partial charge in [0.05, 0.1) is 4.47 Å². The third kappa shape index (κ3) is 5.46. The van der Waals surface area contributed by atoms with Gasteiger partial charge in [0.2, 0.25) is 0 Å². The Kier molecular flexibility index (Phi) is 6.27. The van der Waals surface area contributed by atoms with Crippen LogP contribution in [0.25, 0.3) is 0 Å². The minimum atomic E-state index is 0.660. The normalized spacial score (nSPS) is 10.9. The van der Waals surface area contributed by atoms with E-state index in [0.717, 1.165) is 33.5 Å². The van der Waals surface area contributed by atoms with Crippen molar-refractivity contribution < 1.29 is 4.74 Å². The first-order valence-corrected chi connectivity index (χ1v) is 8.56. The molecule has 0 saturated heterocycles. The molecule has 0 bridgehead atoms. The molecule has 0 unspecified atom stereocenters. The van der Waals surface area contributed by atoms with Crippen molar-refractivity contribution in [1.29, 1.82) is 0 Å². The minimum Gasteiger partial charge on any atom is -0.456 e. The van der Waals surface area contributed by atoms with Crippen molar-refractivity contribution in [2.45, 2.75) is 20.4 Å². The Hall–Kier alpha value is -0.840. The fourth-order valence-electron chi connectivity index (χ4n) is 1.90. The second-order valence-corrected chi connectivity index (χ2v) is 7.12. The number of rotatable bonds is 6. The lowest BCUT2D eigenvalue weighted by Gasteiger charge is -2.11. The Labute approximate surface area is 143 Å². The number of halogens is 2. The second-order valence-electron chi connectivity index (χ2n) is 5.35. The summed E-state index contributed by atoms with van der Waals surface area (Å²) in [6.45, 7) is 6.30. The SMILES string of the molecule is CC(C)CNCc1ccc(Oc2cccc(Br)c2)c(Br)c1. The van der Waals surface area contributed by atoms with Crippen LogP contribution in [0.5, 0.6) is 11.5 Å². The van der Waals surface area contributed by atoms with Crippen LogP contribution in [0.4, 0.5) is 0 Å². The molecule has 0 heterocycles. The van der Waals surface area contributed by atoms with Gasteiger partial charge >= 0.3 is 0 Å². The van der Waals surface area contributed by atoms with E-state index in [1.54, 1.807) is 0 Å². The van der Waals surface area contributed by atoms with Crippen LogP contribution in [0, 0.1) is 5.92 Å². The molecule has 0 aromatic heterocycles. The highest BCUT2D eigenvalue weighted by molar-refractivity contribution is 9.10. The van der Waals surface area contributed by atoms with Crippen LogP contribution >= 0.6 is 31.9 Å². The van der Waals surface area contributed by atoms with Gasteiger partial charge < -0.3 is 10.1 Å². The molecule has 4 heteroatoms. The molecule has 0 spiro atoms. The molecule has 2 rings (SSSR count). The van der Waals surface area contributed by atoms with E-state index in [1.165, 1.54) is 5.56 Å². The molecule has 0 aliphatic rings. The highest BCUT2D eigenvalue weighted by Crippen LogP contribution is 2.31. The molecule has 2 aromatic rings. The molecule has 21 heavy (non-hydrogen) atoms. The summed E-state index contributed by atoms with van der Waals surface area (Å²) in [7, 11) is 0. The van der Waals surface area contributed by atoms with Gasteiger partial charge in [-0.25, -0.2) is 0 Å². The molecule has 0 saturated carbocycles. The monoisotopic (exact) mass is 411 g/mol. The molecule has 0 aliphatic carbocycles. The van der Waals surface area contributed by atoms with E-state index in [2.05, 4.69) is 63.2 Å². The van der Waals surface area contributed by atoms with Crippen LogP contribution in [-0.2, 0) is 6.54 Å². The van der Waals surface area contributed by atoms with Crippen LogP contribution in [0.1, 0.15) is 19.4 Å². The summed E-state index contributed by atoms with van der Waals surface area (Å²) in [6.07, 6.45) is 0. The lowest BCUT2D eigenvalue weighted by atomic mass is 10.2. The molecular formula is C17H19Br2NO. The van der Waals surface area contributed by atoms with E-state index >= 15 is 0 Å². The van der Waals surface area contributed by atoms with Gasteiger partial charge in [-0.2, -0.15) is 0 Å². The summed E-state index contributed by atoms with van der Waals surface area (Å²) in [6, 6.07) is 14.0. The summed E-state index contributed by atoms with van der Waals surface area (Å²) < 4.78 is 7.86. The Balaban J connectivity index is 2.02. The third-order valence-electron chi connectivity index (χ3n) is 2.90. The van der Waals surface area contributed by atoms with E-state index in [9.17, 15) is 0 Å². The smallest absolute Gasteiger partial charge is 0.141 e. The van der Waals surface area contributed by atoms with Gasteiger partial charge in [0.15, 0.2) is 0 Å². The minimum absolute atomic E-state index is 0.660. The lowest BCUT2D eigenvalue weighted by molar-refractivity contribution is 0.478. The lowest BCUT2D eigenvalue weighted by Crippen LogP contribution is -2.18. The van der Waals surface area contributed by atoms with E-state index < -0.39 is 0 Å². The second kappa shape index (κ2) is 7.97. The molecule has 2 aromatic carbocycles. The Morgan fingerprint density at radius 1 is 1.10 bits per heavy atom. The highest BCUT2D eigenvalue weighted by atomic mass is 79.9. The zero-order valence-corrected chi connectivity index (χ0v) is 15.4. The standard InChI is InChI=1S/C17H19Br2NO/c1-12(2)10-20-11-13-6-7-17(16(19)8-13)21-15-5-3-4-14(18)9-15/h3-9,12,20H,10-11H2,1-2H3. The van der Waals surface area contributed by atoms with Crippen molar-refractivity contribution in [2.24, 2.45) is 5.92 Å². The van der Waals surface area contributed by atoms with E-state index in [-0.39, 0.29) is 0 Å². The number of hydrogen-bond donors (Lipinski definition) is 1. The van der Waals surface area contributed by atoms with Crippen LogP contribution < -0.4 is 10.1 Å². The topological polar surface area (TPSA) is 21.3 Å². The molecule has 0 radical (unpaired) electrons. The number of ether oxygens (including phenoxy) is 1. The zero-order chi connectivity index (χ0) is 15.2. The summed E-state index contributed by atoms with van der Waals surface area (Å²) in [5.41, 5.74) is 1.24. The maximum Gasteiger partial charge on any atom is 0.141 e. The van der Waals surface area contributed by atoms with Crippen LogP contribution in [-0.4, -0.2) is 6.54 Å². The molecule has 2 nitrogen and oxygen atoms in total. The van der Waals surface area contributed by atoms with Gasteiger partial charge in [-0.15, -0.1) is 0 Å². The van der Waals surface area contributed by atoms with Crippen LogP contribution in [0.15, 0.2) is 51.4 Å². The maximum absolute atomic E-state index is 5.89. The van der Waals surface area contributed by atoms with Crippen molar-refractivity contribution in [3.63, 3.8) is 0 Å². The fraction of sp³-hybridized carbons (Fsp3) is 0.294. The van der Waals surface area contributed by atoms with Gasteiger partial charge in [-0.05, 0) is 64.3 Å². The van der Waals surface area contributed by atoms with Crippen LogP contribution in [0.2, 0.25) is 0 Å². The third-order valence-corrected chi connectivity index (χ3v) is 4.01. The maximum atomic E-state index is 5.89. The molecule has 0 fully saturated rings. The quantitative estimate of drug-likeness (QED) is 0.652. The highest BCUT2D eigenvalue weighted by Gasteiger charge is 2.05. The Morgan fingerprint density at radius 2 is 1.90 bits per heavy atom. The summed E-state index contributed by atoms with van der Waals surface area (Å²) in [5.74, 6) is 2.30. The predicted octanol–water partition coefficient (Wildman–Crippen LogP) is 5.75. The van der Waals surface area contributed by atoms with Gasteiger partial charge in [0.1, 0.15) is 11.5 Å². The molecule has 0 atom stereocenters. The van der Waals surface area contributed by atoms with Crippen molar-refractivity contribution in [2.75, 3.05) is 6.54 Å². The first kappa shape index (κ1) is 16.5. The zero-order valence-electron chi connectivity index (χ0n) is 12.2. The summed E-state index contributed by atoms with van der Waals surface area (Å²) >= 11 is 7.03. The van der Waals surface area contributed by atoms with Gasteiger partial charge in [0.25, 0.3) is 0 Å². The molecule has 1 N–H and O–H groups in total. The fourth-order valence-corrected chi connectivity index (χ4v) is 2.79. The van der Waals surface area contributed by atoms with Crippen molar-refractivity contribution in [3.8, 4) is 11.5 Å². The van der Waals surface area contributed by atoms with E-state index in [1.807, 2.05) is 30.3 Å². The van der Waals surface area contributed by atoms with Crippen molar-refractivity contribution >= 4 is 31.9 Å². The van der Waals surface area contributed by atoms with Crippen molar-refractivity contribution in [1.82, 2.24) is 5.32 Å². The van der Waals surface area contributed by atoms with Gasteiger partial charge in [-0.1, -0.05) is 41.9 Å². The molecule has 0 aliphatic heterocycles. The molecule has 0 amide bonds. The molecule has 112 valence electrons. The number of benzene rings is 2.